The Hall–Kier alpha value is -0.486. The second kappa shape index (κ2) is 54.9. The van der Waals surface area contributed by atoms with Gasteiger partial charge < -0.3 is 15.3 Å². The van der Waals surface area contributed by atoms with Gasteiger partial charge in [0, 0.05) is 52.0 Å². The number of aliphatic carboxylic acids is 3. The molecule has 3 N–H and O–H groups in total. The first kappa shape index (κ1) is 58.2. The standard InChI is InChI=1S/3C15H30O2.Y/c3*1-2-3-4-5-6-7-8-9-10-11-12-13-14-15(16)17;/h3*2-14H2,1H3,(H,16,17);. The molecule has 0 aromatic heterocycles. The van der Waals surface area contributed by atoms with Gasteiger partial charge in [-0.05, 0) is 19.3 Å². The van der Waals surface area contributed by atoms with Crippen LogP contribution in [0.3, 0.4) is 0 Å². The van der Waals surface area contributed by atoms with E-state index in [0.717, 1.165) is 38.5 Å². The molecule has 0 saturated heterocycles. The second-order valence-electron chi connectivity index (χ2n) is 15.1. The first-order valence-corrected chi connectivity index (χ1v) is 22.5. The van der Waals surface area contributed by atoms with Gasteiger partial charge in [-0.15, -0.1) is 0 Å². The van der Waals surface area contributed by atoms with Crippen LogP contribution >= 0.6 is 0 Å². The zero-order valence-electron chi connectivity index (χ0n) is 35.2. The second-order valence-corrected chi connectivity index (χ2v) is 15.1. The van der Waals surface area contributed by atoms with Crippen LogP contribution in [-0.2, 0) is 47.1 Å². The molecule has 0 amide bonds. The van der Waals surface area contributed by atoms with Crippen molar-refractivity contribution in [1.29, 1.82) is 0 Å². The van der Waals surface area contributed by atoms with E-state index in [4.69, 9.17) is 15.3 Å². The molecule has 0 aliphatic rings. The summed E-state index contributed by atoms with van der Waals surface area (Å²) in [5.41, 5.74) is 0. The van der Waals surface area contributed by atoms with E-state index in [1.165, 1.54) is 193 Å². The zero-order valence-corrected chi connectivity index (χ0v) is 38.1. The van der Waals surface area contributed by atoms with Crippen LogP contribution in [0.2, 0.25) is 0 Å². The molecule has 0 atom stereocenters. The Kier molecular flexibility index (Phi) is 61.4. The summed E-state index contributed by atoms with van der Waals surface area (Å²) in [4.78, 5) is 30.8. The molecular weight excluding hydrogens is 725 g/mol. The van der Waals surface area contributed by atoms with Crippen LogP contribution in [0.1, 0.15) is 271 Å². The normalized spacial score (nSPS) is 10.4. The van der Waals surface area contributed by atoms with E-state index in [9.17, 15) is 14.4 Å². The van der Waals surface area contributed by atoms with Gasteiger partial charge in [-0.1, -0.05) is 233 Å². The van der Waals surface area contributed by atoms with Crippen molar-refractivity contribution in [2.45, 2.75) is 271 Å². The van der Waals surface area contributed by atoms with E-state index in [1.54, 1.807) is 0 Å². The Labute approximate surface area is 349 Å². The molecule has 6 nitrogen and oxygen atoms in total. The van der Waals surface area contributed by atoms with Gasteiger partial charge in [0.15, 0.2) is 0 Å². The van der Waals surface area contributed by atoms with Crippen LogP contribution < -0.4 is 0 Å². The topological polar surface area (TPSA) is 112 Å². The Morgan fingerprint density at radius 1 is 0.250 bits per heavy atom. The van der Waals surface area contributed by atoms with E-state index >= 15 is 0 Å². The summed E-state index contributed by atoms with van der Waals surface area (Å²) in [5, 5.41) is 25.4. The summed E-state index contributed by atoms with van der Waals surface area (Å²) in [5.74, 6) is -1.97. The van der Waals surface area contributed by atoms with Crippen molar-refractivity contribution in [3.8, 4) is 0 Å². The summed E-state index contributed by atoms with van der Waals surface area (Å²) in [6.07, 6.45) is 47.4. The number of hydrogen-bond donors (Lipinski definition) is 3. The zero-order chi connectivity index (χ0) is 38.3. The minimum Gasteiger partial charge on any atom is -0.481 e. The monoisotopic (exact) mass is 816 g/mol. The Morgan fingerprint density at radius 2 is 0.365 bits per heavy atom. The molecule has 0 bridgehead atoms. The van der Waals surface area contributed by atoms with Gasteiger partial charge in [-0.25, -0.2) is 0 Å². The summed E-state index contributed by atoms with van der Waals surface area (Å²) < 4.78 is 0. The van der Waals surface area contributed by atoms with E-state index in [2.05, 4.69) is 20.8 Å². The number of carboxylic acids is 3. The van der Waals surface area contributed by atoms with Crippen molar-refractivity contribution in [2.75, 3.05) is 0 Å². The molecule has 0 rings (SSSR count). The first-order chi connectivity index (χ1) is 24.8. The van der Waals surface area contributed by atoms with Crippen LogP contribution in [0.5, 0.6) is 0 Å². The third-order valence-electron chi connectivity index (χ3n) is 9.73. The maximum Gasteiger partial charge on any atom is 0.303 e. The molecular formula is C45H90O6Y. The van der Waals surface area contributed by atoms with Gasteiger partial charge in [0.2, 0.25) is 0 Å². The molecule has 0 fully saturated rings. The molecule has 0 spiro atoms. The van der Waals surface area contributed by atoms with E-state index in [0.29, 0.717) is 19.3 Å². The molecule has 1 radical (unpaired) electrons. The molecule has 0 unspecified atom stereocenters. The van der Waals surface area contributed by atoms with Gasteiger partial charge in [-0.2, -0.15) is 0 Å². The SMILES string of the molecule is CCCCCCCCCCCCCCC(=O)O.CCCCCCCCCCCCCCC(=O)O.CCCCCCCCCCCCCCC(=O)O.[Y]. The molecule has 0 aromatic rings. The fourth-order valence-electron chi connectivity index (χ4n) is 6.35. The van der Waals surface area contributed by atoms with Crippen molar-refractivity contribution >= 4 is 17.9 Å². The van der Waals surface area contributed by atoms with Gasteiger partial charge >= 0.3 is 17.9 Å². The molecule has 0 saturated carbocycles. The average molecular weight is 816 g/mol. The fourth-order valence-corrected chi connectivity index (χ4v) is 6.35. The Bertz CT molecular complexity index is 596. The van der Waals surface area contributed by atoms with Crippen LogP contribution in [0.4, 0.5) is 0 Å². The third kappa shape index (κ3) is 67.6. The minimum absolute atomic E-state index is 0. The van der Waals surface area contributed by atoms with Crippen molar-refractivity contribution < 1.29 is 62.4 Å². The minimum atomic E-state index is -0.655. The van der Waals surface area contributed by atoms with Crippen molar-refractivity contribution in [1.82, 2.24) is 0 Å². The van der Waals surface area contributed by atoms with E-state index in [1.807, 2.05) is 0 Å². The molecule has 0 aliphatic carbocycles. The number of carboxylic acid groups (broad SMARTS) is 3. The molecule has 0 aliphatic heterocycles. The predicted octanol–water partition coefficient (Wildman–Crippen LogP) is 15.5. The molecule has 309 valence electrons. The predicted molar refractivity (Wildman–Crippen MR) is 220 cm³/mol. The first-order valence-electron chi connectivity index (χ1n) is 22.5. The largest absolute Gasteiger partial charge is 0.481 e. The van der Waals surface area contributed by atoms with Gasteiger partial charge in [0.05, 0.1) is 0 Å². The smallest absolute Gasteiger partial charge is 0.303 e. The summed E-state index contributed by atoms with van der Waals surface area (Å²) in [6, 6.07) is 0. The fraction of sp³-hybridized carbons (Fsp3) is 0.933. The quantitative estimate of drug-likeness (QED) is 0.0533. The van der Waals surface area contributed by atoms with Crippen molar-refractivity contribution in [2.24, 2.45) is 0 Å². The maximum atomic E-state index is 10.3. The van der Waals surface area contributed by atoms with Crippen LogP contribution in [0, 0.1) is 0 Å². The molecule has 0 heterocycles. The third-order valence-corrected chi connectivity index (χ3v) is 9.73. The van der Waals surface area contributed by atoms with Gasteiger partial charge in [-0.3, -0.25) is 14.4 Å². The average Bonchev–Trinajstić information content (AvgIpc) is 3.10. The van der Waals surface area contributed by atoms with Crippen LogP contribution in [0.25, 0.3) is 0 Å². The van der Waals surface area contributed by atoms with Crippen LogP contribution in [-0.4, -0.2) is 33.2 Å². The van der Waals surface area contributed by atoms with Crippen molar-refractivity contribution in [3.63, 3.8) is 0 Å². The number of rotatable bonds is 39. The number of unbranched alkanes of at least 4 members (excludes halogenated alkanes) is 33. The van der Waals surface area contributed by atoms with E-state index < -0.39 is 17.9 Å². The number of hydrogen-bond acceptors (Lipinski definition) is 3. The Morgan fingerprint density at radius 3 is 0.481 bits per heavy atom. The maximum absolute atomic E-state index is 10.3. The summed E-state index contributed by atoms with van der Waals surface area (Å²) in [6.45, 7) is 6.76. The molecule has 7 heteroatoms. The van der Waals surface area contributed by atoms with Gasteiger partial charge in [0.25, 0.3) is 0 Å². The van der Waals surface area contributed by atoms with E-state index in [-0.39, 0.29) is 32.7 Å². The summed E-state index contributed by atoms with van der Waals surface area (Å²) in [7, 11) is 0. The summed E-state index contributed by atoms with van der Waals surface area (Å²) >= 11 is 0. The van der Waals surface area contributed by atoms with Gasteiger partial charge in [0.1, 0.15) is 0 Å². The van der Waals surface area contributed by atoms with Crippen LogP contribution in [0.15, 0.2) is 0 Å². The van der Waals surface area contributed by atoms with Crippen molar-refractivity contribution in [3.05, 3.63) is 0 Å². The number of carbonyl (C=O) groups is 3. The molecule has 0 aromatic carbocycles. The Balaban J connectivity index is -0.000000329. The molecule has 52 heavy (non-hydrogen) atoms.